The average Bonchev–Trinajstić information content (AvgIpc) is 3.28. The first kappa shape index (κ1) is 13.2. The van der Waals surface area contributed by atoms with Gasteiger partial charge >= 0.3 is 0 Å². The van der Waals surface area contributed by atoms with Crippen LogP contribution in [0.3, 0.4) is 0 Å². The number of piperidine rings is 1. The number of likely N-dealkylation sites (tertiary alicyclic amines) is 1. The summed E-state index contributed by atoms with van der Waals surface area (Å²) in [7, 11) is 0. The zero-order valence-corrected chi connectivity index (χ0v) is 12.7. The normalized spacial score (nSPS) is 30.2. The molecule has 1 aromatic carbocycles. The average molecular weight is 322 g/mol. The first-order valence-corrected chi connectivity index (χ1v) is 8.35. The van der Waals surface area contributed by atoms with Gasteiger partial charge in [-0.3, -0.25) is 4.79 Å². The predicted octanol–water partition coefficient (Wildman–Crippen LogP) is 3.57. The van der Waals surface area contributed by atoms with Crippen molar-refractivity contribution in [3.05, 3.63) is 35.9 Å². The van der Waals surface area contributed by atoms with Crippen molar-refractivity contribution >= 4 is 21.8 Å². The summed E-state index contributed by atoms with van der Waals surface area (Å²) in [4.78, 5) is 14.7. The Labute approximate surface area is 123 Å². The molecule has 0 spiro atoms. The van der Waals surface area contributed by atoms with Gasteiger partial charge in [-0.15, -0.1) is 0 Å². The topological polar surface area (TPSA) is 20.3 Å². The van der Waals surface area contributed by atoms with Gasteiger partial charge in [0.25, 0.3) is 0 Å². The van der Waals surface area contributed by atoms with Crippen molar-refractivity contribution < 1.29 is 4.79 Å². The fourth-order valence-corrected chi connectivity index (χ4v) is 3.87. The van der Waals surface area contributed by atoms with Crippen LogP contribution >= 0.6 is 15.9 Å². The molecule has 3 heteroatoms. The van der Waals surface area contributed by atoms with E-state index >= 15 is 0 Å². The maximum atomic E-state index is 12.6. The largest absolute Gasteiger partial charge is 0.339 e. The number of amides is 1. The van der Waals surface area contributed by atoms with Crippen LogP contribution in [0, 0.1) is 5.92 Å². The summed E-state index contributed by atoms with van der Waals surface area (Å²) in [6, 6.07) is 10.9. The van der Waals surface area contributed by atoms with E-state index in [2.05, 4.69) is 45.1 Å². The first-order valence-electron chi connectivity index (χ1n) is 7.22. The highest BCUT2D eigenvalue weighted by Crippen LogP contribution is 2.48. The molecule has 2 nitrogen and oxygen atoms in total. The Bertz CT molecular complexity index is 447. The van der Waals surface area contributed by atoms with Gasteiger partial charge in [-0.25, -0.2) is 0 Å². The second-order valence-electron chi connectivity index (χ2n) is 5.69. The molecule has 3 rings (SSSR count). The fourth-order valence-electron chi connectivity index (χ4n) is 3.20. The third kappa shape index (κ3) is 2.71. The lowest BCUT2D eigenvalue weighted by Crippen LogP contribution is -2.45. The van der Waals surface area contributed by atoms with Gasteiger partial charge in [0.15, 0.2) is 0 Å². The molecule has 0 N–H and O–H groups in total. The zero-order chi connectivity index (χ0) is 13.2. The van der Waals surface area contributed by atoms with Crippen LogP contribution in [0.2, 0.25) is 0 Å². The molecule has 1 saturated carbocycles. The minimum Gasteiger partial charge on any atom is -0.339 e. The van der Waals surface area contributed by atoms with Gasteiger partial charge in [0.05, 0.1) is 0 Å². The molecule has 19 heavy (non-hydrogen) atoms. The van der Waals surface area contributed by atoms with Crippen molar-refractivity contribution in [1.29, 1.82) is 0 Å². The fraction of sp³-hybridized carbons (Fsp3) is 0.562. The molecule has 1 heterocycles. The lowest BCUT2D eigenvalue weighted by Gasteiger charge is -2.35. The number of halogens is 1. The molecule has 3 unspecified atom stereocenters. The molecule has 1 aliphatic heterocycles. The Balaban J connectivity index is 1.66. The highest BCUT2D eigenvalue weighted by molar-refractivity contribution is 9.09. The van der Waals surface area contributed by atoms with Crippen LogP contribution < -0.4 is 0 Å². The Morgan fingerprint density at radius 1 is 1.26 bits per heavy atom. The first-order chi connectivity index (χ1) is 9.31. The minimum absolute atomic E-state index is 0.238. The summed E-state index contributed by atoms with van der Waals surface area (Å²) >= 11 is 3.56. The Kier molecular flexibility index (Phi) is 3.92. The summed E-state index contributed by atoms with van der Waals surface area (Å²) < 4.78 is 0. The second kappa shape index (κ2) is 5.66. The molecule has 0 radical (unpaired) electrons. The Morgan fingerprint density at radius 3 is 2.79 bits per heavy atom. The number of carbonyl (C=O) groups excluding carboxylic acids is 1. The van der Waals surface area contributed by atoms with Crippen LogP contribution in [0.15, 0.2) is 30.3 Å². The number of rotatable bonds is 3. The van der Waals surface area contributed by atoms with Gasteiger partial charge in [-0.05, 0) is 37.2 Å². The minimum atomic E-state index is 0.238. The predicted molar refractivity (Wildman–Crippen MR) is 80.4 cm³/mol. The Morgan fingerprint density at radius 2 is 2.05 bits per heavy atom. The van der Waals surface area contributed by atoms with E-state index in [1.807, 2.05) is 6.07 Å². The maximum absolute atomic E-state index is 12.6. The van der Waals surface area contributed by atoms with Crippen LogP contribution in [-0.4, -0.2) is 28.7 Å². The van der Waals surface area contributed by atoms with Gasteiger partial charge in [0.1, 0.15) is 0 Å². The highest BCUT2D eigenvalue weighted by Gasteiger charge is 2.46. The van der Waals surface area contributed by atoms with Gasteiger partial charge in [-0.2, -0.15) is 0 Å². The Hall–Kier alpha value is -0.830. The molecule has 102 valence electrons. The molecule has 1 aliphatic carbocycles. The van der Waals surface area contributed by atoms with E-state index in [0.29, 0.717) is 17.9 Å². The van der Waals surface area contributed by atoms with Crippen molar-refractivity contribution in [1.82, 2.24) is 4.90 Å². The quantitative estimate of drug-likeness (QED) is 0.779. The van der Waals surface area contributed by atoms with Gasteiger partial charge < -0.3 is 4.90 Å². The van der Waals surface area contributed by atoms with Crippen molar-refractivity contribution in [3.63, 3.8) is 0 Å². The summed E-state index contributed by atoms with van der Waals surface area (Å²) in [5.41, 5.74) is 1.33. The summed E-state index contributed by atoms with van der Waals surface area (Å²) in [5, 5.41) is 0.918. The molecule has 0 bridgehead atoms. The van der Waals surface area contributed by atoms with E-state index < -0.39 is 0 Å². The molecular weight excluding hydrogens is 302 g/mol. The van der Waals surface area contributed by atoms with Gasteiger partial charge in [-0.1, -0.05) is 46.3 Å². The number of hydrogen-bond acceptors (Lipinski definition) is 1. The maximum Gasteiger partial charge on any atom is 0.226 e. The van der Waals surface area contributed by atoms with E-state index in [4.69, 9.17) is 0 Å². The molecule has 1 amide bonds. The third-order valence-corrected chi connectivity index (χ3v) is 5.17. The molecule has 2 fully saturated rings. The second-order valence-corrected chi connectivity index (χ2v) is 6.34. The molecule has 2 aliphatic rings. The molecular formula is C16H20BrNO. The smallest absolute Gasteiger partial charge is 0.226 e. The van der Waals surface area contributed by atoms with Crippen molar-refractivity contribution in [2.45, 2.75) is 37.6 Å². The lowest BCUT2D eigenvalue weighted by molar-refractivity contribution is -0.135. The van der Waals surface area contributed by atoms with E-state index in [-0.39, 0.29) is 5.92 Å². The highest BCUT2D eigenvalue weighted by atomic mass is 79.9. The van der Waals surface area contributed by atoms with Crippen LogP contribution in [0.5, 0.6) is 0 Å². The molecule has 1 aromatic rings. The number of nitrogens with zero attached hydrogens (tertiary/aromatic N) is 1. The van der Waals surface area contributed by atoms with Gasteiger partial charge in [0, 0.05) is 23.8 Å². The van der Waals surface area contributed by atoms with E-state index in [1.165, 1.54) is 12.0 Å². The van der Waals surface area contributed by atoms with E-state index in [0.717, 1.165) is 31.1 Å². The van der Waals surface area contributed by atoms with Gasteiger partial charge in [0.2, 0.25) is 5.91 Å². The standard InChI is InChI=1S/C16H20BrNO/c17-11-13-8-4-5-9-18(13)16(19)15-10-14(15)12-6-2-1-3-7-12/h1-3,6-7,13-15H,4-5,8-11H2. The van der Waals surface area contributed by atoms with Crippen LogP contribution in [0.25, 0.3) is 0 Å². The van der Waals surface area contributed by atoms with Crippen molar-refractivity contribution in [2.24, 2.45) is 5.92 Å². The number of alkyl halides is 1. The third-order valence-electron chi connectivity index (χ3n) is 4.42. The molecule has 0 aromatic heterocycles. The summed E-state index contributed by atoms with van der Waals surface area (Å²) in [6.45, 7) is 0.951. The van der Waals surface area contributed by atoms with Crippen LogP contribution in [0.4, 0.5) is 0 Å². The number of carbonyl (C=O) groups is 1. The summed E-state index contributed by atoms with van der Waals surface area (Å²) in [5.74, 6) is 1.09. The molecule has 3 atom stereocenters. The van der Waals surface area contributed by atoms with Crippen LogP contribution in [-0.2, 0) is 4.79 Å². The zero-order valence-electron chi connectivity index (χ0n) is 11.1. The summed E-state index contributed by atoms with van der Waals surface area (Å²) in [6.07, 6.45) is 4.61. The number of hydrogen-bond donors (Lipinski definition) is 0. The van der Waals surface area contributed by atoms with E-state index in [9.17, 15) is 4.79 Å². The molecule has 1 saturated heterocycles. The van der Waals surface area contributed by atoms with Crippen molar-refractivity contribution in [3.8, 4) is 0 Å². The number of benzene rings is 1. The SMILES string of the molecule is O=C(C1CC1c1ccccc1)N1CCCCC1CBr. The van der Waals surface area contributed by atoms with E-state index in [1.54, 1.807) is 0 Å². The lowest BCUT2D eigenvalue weighted by atomic mass is 10.0. The van der Waals surface area contributed by atoms with Crippen molar-refractivity contribution in [2.75, 3.05) is 11.9 Å². The van der Waals surface area contributed by atoms with Crippen LogP contribution in [0.1, 0.15) is 37.2 Å². The monoisotopic (exact) mass is 321 g/mol.